The number of rotatable bonds is 6. The lowest BCUT2D eigenvalue weighted by Gasteiger charge is -2.17. The fourth-order valence-corrected chi connectivity index (χ4v) is 3.12. The number of fused-ring (bicyclic) bond motifs is 1. The second-order valence-electron chi connectivity index (χ2n) is 6.91. The topological polar surface area (TPSA) is 46.9 Å². The smallest absolute Gasteiger partial charge is 0.224 e. The average molecular weight is 335 g/mol. The predicted octanol–water partition coefficient (Wildman–Crippen LogP) is 4.11. The minimum Gasteiger partial charge on any atom is -0.346 e. The molecule has 3 aromatic rings. The minimum absolute atomic E-state index is 0.0156. The van der Waals surface area contributed by atoms with Gasteiger partial charge in [0.25, 0.3) is 0 Å². The number of carbonyl (C=O) groups is 1. The Balaban J connectivity index is 1.81. The molecule has 0 radical (unpaired) electrons. The molecule has 0 aliphatic rings. The zero-order valence-electron chi connectivity index (χ0n) is 15.1. The monoisotopic (exact) mass is 335 g/mol. The summed E-state index contributed by atoms with van der Waals surface area (Å²) in [5.41, 5.74) is 3.11. The highest BCUT2D eigenvalue weighted by molar-refractivity contribution is 5.79. The summed E-state index contributed by atoms with van der Waals surface area (Å²) >= 11 is 0. The van der Waals surface area contributed by atoms with E-state index in [1.807, 2.05) is 55.5 Å². The lowest BCUT2D eigenvalue weighted by molar-refractivity contribution is -0.121. The number of hydrogen-bond acceptors (Lipinski definition) is 2. The summed E-state index contributed by atoms with van der Waals surface area (Å²) in [5, 5.41) is 3.10. The normalized spacial score (nSPS) is 12.5. The van der Waals surface area contributed by atoms with E-state index in [0.29, 0.717) is 12.3 Å². The van der Waals surface area contributed by atoms with Gasteiger partial charge < -0.3 is 9.88 Å². The van der Waals surface area contributed by atoms with Crippen molar-refractivity contribution in [3.63, 3.8) is 0 Å². The lowest BCUT2D eigenvalue weighted by atomic mass is 10.1. The first-order valence-electron chi connectivity index (χ1n) is 8.83. The molecule has 1 atom stereocenters. The van der Waals surface area contributed by atoms with Crippen LogP contribution in [0.2, 0.25) is 0 Å². The molecule has 0 aliphatic carbocycles. The van der Waals surface area contributed by atoms with Crippen LogP contribution in [-0.4, -0.2) is 15.5 Å². The van der Waals surface area contributed by atoms with Crippen molar-refractivity contribution in [2.45, 2.75) is 39.8 Å². The third-order valence-corrected chi connectivity index (χ3v) is 4.20. The molecule has 4 nitrogen and oxygen atoms in total. The van der Waals surface area contributed by atoms with E-state index in [2.05, 4.69) is 29.8 Å². The summed E-state index contributed by atoms with van der Waals surface area (Å²) in [7, 11) is 0. The Bertz CT molecular complexity index is 852. The lowest BCUT2D eigenvalue weighted by Crippen LogP contribution is -2.30. The van der Waals surface area contributed by atoms with Crippen LogP contribution in [0.25, 0.3) is 11.0 Å². The number of amides is 1. The van der Waals surface area contributed by atoms with Crippen molar-refractivity contribution in [3.05, 3.63) is 66.0 Å². The number of benzene rings is 2. The van der Waals surface area contributed by atoms with Gasteiger partial charge in [0.05, 0.1) is 23.5 Å². The maximum atomic E-state index is 12.4. The molecular weight excluding hydrogens is 310 g/mol. The second-order valence-corrected chi connectivity index (χ2v) is 6.91. The van der Waals surface area contributed by atoms with E-state index in [1.165, 1.54) is 0 Å². The highest BCUT2D eigenvalue weighted by Crippen LogP contribution is 2.22. The third kappa shape index (κ3) is 4.08. The van der Waals surface area contributed by atoms with E-state index in [1.54, 1.807) is 0 Å². The van der Waals surface area contributed by atoms with Crippen molar-refractivity contribution in [1.29, 1.82) is 0 Å². The van der Waals surface area contributed by atoms with E-state index in [-0.39, 0.29) is 11.9 Å². The molecule has 2 aromatic carbocycles. The highest BCUT2D eigenvalue weighted by atomic mass is 16.1. The van der Waals surface area contributed by atoms with Crippen LogP contribution in [0.15, 0.2) is 54.6 Å². The fourth-order valence-electron chi connectivity index (χ4n) is 3.12. The largest absolute Gasteiger partial charge is 0.346 e. The molecule has 0 saturated heterocycles. The number of imidazole rings is 1. The first-order chi connectivity index (χ1) is 12.0. The number of para-hydroxylation sites is 2. The van der Waals surface area contributed by atoms with E-state index >= 15 is 0 Å². The summed E-state index contributed by atoms with van der Waals surface area (Å²) in [6, 6.07) is 17.8. The van der Waals surface area contributed by atoms with Crippen molar-refractivity contribution in [1.82, 2.24) is 14.9 Å². The van der Waals surface area contributed by atoms with Gasteiger partial charge in [-0.3, -0.25) is 4.79 Å². The molecule has 0 fully saturated rings. The fraction of sp³-hybridized carbons (Fsp3) is 0.333. The molecule has 0 aliphatic heterocycles. The van der Waals surface area contributed by atoms with Gasteiger partial charge in [-0.1, -0.05) is 56.3 Å². The van der Waals surface area contributed by atoms with E-state index < -0.39 is 0 Å². The quantitative estimate of drug-likeness (QED) is 0.737. The zero-order chi connectivity index (χ0) is 17.8. The molecule has 25 heavy (non-hydrogen) atoms. The predicted molar refractivity (Wildman–Crippen MR) is 101 cm³/mol. The van der Waals surface area contributed by atoms with Crippen LogP contribution >= 0.6 is 0 Å². The average Bonchev–Trinajstić information content (AvgIpc) is 2.94. The molecule has 1 unspecified atom stereocenters. The maximum absolute atomic E-state index is 12.4. The number of aromatic nitrogens is 2. The number of hydrogen-bond donors (Lipinski definition) is 1. The van der Waals surface area contributed by atoms with E-state index in [0.717, 1.165) is 29.0 Å². The summed E-state index contributed by atoms with van der Waals surface area (Å²) in [5.74, 6) is 1.43. The van der Waals surface area contributed by atoms with Crippen LogP contribution < -0.4 is 5.32 Å². The third-order valence-electron chi connectivity index (χ3n) is 4.20. The Morgan fingerprint density at radius 2 is 1.72 bits per heavy atom. The number of nitrogens with one attached hydrogen (secondary N) is 1. The van der Waals surface area contributed by atoms with Crippen LogP contribution in [0.5, 0.6) is 0 Å². The number of carbonyl (C=O) groups excluding carboxylic acids is 1. The standard InChI is InChI=1S/C21H25N3O/c1-15(2)14-24-19-12-8-7-11-18(19)23-21(24)16(3)22-20(25)13-17-9-5-4-6-10-17/h4-12,15-16H,13-14H2,1-3H3,(H,22,25). The number of nitrogens with zero attached hydrogens (tertiary/aromatic N) is 2. The Hall–Kier alpha value is -2.62. The molecule has 4 heteroatoms. The van der Waals surface area contributed by atoms with E-state index in [9.17, 15) is 4.79 Å². The minimum atomic E-state index is -0.137. The Labute approximate surface area is 148 Å². The van der Waals surface area contributed by atoms with Crippen LogP contribution in [0, 0.1) is 5.92 Å². The Morgan fingerprint density at radius 3 is 2.44 bits per heavy atom. The molecular formula is C21H25N3O. The van der Waals surface area contributed by atoms with Crippen molar-refractivity contribution in [2.75, 3.05) is 0 Å². The van der Waals surface area contributed by atoms with Gasteiger partial charge in [0.1, 0.15) is 5.82 Å². The van der Waals surface area contributed by atoms with Crippen molar-refractivity contribution in [2.24, 2.45) is 5.92 Å². The molecule has 130 valence electrons. The van der Waals surface area contributed by atoms with Crippen LogP contribution in [-0.2, 0) is 17.8 Å². The Kier molecular flexibility index (Phi) is 5.17. The van der Waals surface area contributed by atoms with Gasteiger partial charge in [-0.2, -0.15) is 0 Å². The first kappa shape index (κ1) is 17.2. The summed E-state index contributed by atoms with van der Waals surface area (Å²) < 4.78 is 2.23. The summed E-state index contributed by atoms with van der Waals surface area (Å²) in [4.78, 5) is 17.2. The second kappa shape index (κ2) is 7.51. The molecule has 1 aromatic heterocycles. The van der Waals surface area contributed by atoms with Crippen LogP contribution in [0.4, 0.5) is 0 Å². The maximum Gasteiger partial charge on any atom is 0.224 e. The molecule has 1 heterocycles. The van der Waals surface area contributed by atoms with Crippen LogP contribution in [0.1, 0.15) is 38.2 Å². The highest BCUT2D eigenvalue weighted by Gasteiger charge is 2.19. The van der Waals surface area contributed by atoms with Gasteiger partial charge >= 0.3 is 0 Å². The van der Waals surface area contributed by atoms with Crippen molar-refractivity contribution < 1.29 is 4.79 Å². The zero-order valence-corrected chi connectivity index (χ0v) is 15.1. The molecule has 1 amide bonds. The van der Waals surface area contributed by atoms with Gasteiger partial charge in [0, 0.05) is 6.54 Å². The molecule has 0 spiro atoms. The van der Waals surface area contributed by atoms with Crippen LogP contribution in [0.3, 0.4) is 0 Å². The van der Waals surface area contributed by atoms with Crippen molar-refractivity contribution in [3.8, 4) is 0 Å². The van der Waals surface area contributed by atoms with Crippen molar-refractivity contribution >= 4 is 16.9 Å². The molecule has 0 saturated carbocycles. The molecule has 3 rings (SSSR count). The first-order valence-corrected chi connectivity index (χ1v) is 8.83. The Morgan fingerprint density at radius 1 is 1.04 bits per heavy atom. The van der Waals surface area contributed by atoms with Gasteiger partial charge in [-0.15, -0.1) is 0 Å². The summed E-state index contributed by atoms with van der Waals surface area (Å²) in [6.45, 7) is 7.27. The molecule has 1 N–H and O–H groups in total. The van der Waals surface area contributed by atoms with Gasteiger partial charge in [0.15, 0.2) is 0 Å². The molecule has 0 bridgehead atoms. The summed E-state index contributed by atoms with van der Waals surface area (Å²) in [6.07, 6.45) is 0.385. The van der Waals surface area contributed by atoms with Gasteiger partial charge in [-0.25, -0.2) is 4.98 Å². The van der Waals surface area contributed by atoms with Gasteiger partial charge in [-0.05, 0) is 30.5 Å². The van der Waals surface area contributed by atoms with E-state index in [4.69, 9.17) is 4.98 Å². The SMILES string of the molecule is CC(C)Cn1c(C(C)NC(=O)Cc2ccccc2)nc2ccccc21. The van der Waals surface area contributed by atoms with Gasteiger partial charge in [0.2, 0.25) is 5.91 Å².